The van der Waals surface area contributed by atoms with Gasteiger partial charge in [0.05, 0.1) is 23.9 Å². The molecule has 1 aromatic carbocycles. The van der Waals surface area contributed by atoms with Gasteiger partial charge in [-0.3, -0.25) is 4.79 Å². The Hall–Kier alpha value is -1.55. The fourth-order valence-electron chi connectivity index (χ4n) is 3.38. The van der Waals surface area contributed by atoms with E-state index in [2.05, 4.69) is 18.3 Å². The third-order valence-corrected chi connectivity index (χ3v) is 4.64. The molecule has 108 valence electrons. The molecule has 0 aromatic heterocycles. The second-order valence-electron chi connectivity index (χ2n) is 5.88. The van der Waals surface area contributed by atoms with E-state index in [0.717, 1.165) is 43.6 Å². The van der Waals surface area contributed by atoms with Gasteiger partial charge in [0.25, 0.3) is 5.91 Å². The van der Waals surface area contributed by atoms with Crippen molar-refractivity contribution in [3.05, 3.63) is 29.3 Å². The molecule has 3 rings (SSSR count). The van der Waals surface area contributed by atoms with Crippen molar-refractivity contribution in [3.8, 4) is 0 Å². The predicted octanol–water partition coefficient (Wildman–Crippen LogP) is 1.89. The highest BCUT2D eigenvalue weighted by atomic mass is 16.3. The molecule has 1 saturated heterocycles. The number of hydrogen-bond donors (Lipinski definition) is 2. The maximum absolute atomic E-state index is 12.8. The summed E-state index contributed by atoms with van der Waals surface area (Å²) in [6.07, 6.45) is 3.12. The molecule has 2 aliphatic heterocycles. The molecular weight excluding hydrogens is 252 g/mol. The first kappa shape index (κ1) is 13.4. The van der Waals surface area contributed by atoms with Crippen LogP contribution in [0.2, 0.25) is 0 Å². The number of benzene rings is 1. The molecule has 4 heteroatoms. The van der Waals surface area contributed by atoms with Gasteiger partial charge in [-0.15, -0.1) is 0 Å². The Labute approximate surface area is 119 Å². The third-order valence-electron chi connectivity index (χ3n) is 4.64. The molecule has 0 aliphatic carbocycles. The van der Waals surface area contributed by atoms with Crippen LogP contribution in [-0.2, 0) is 6.42 Å². The van der Waals surface area contributed by atoms with E-state index in [0.29, 0.717) is 5.92 Å². The van der Waals surface area contributed by atoms with Gasteiger partial charge in [0.15, 0.2) is 0 Å². The summed E-state index contributed by atoms with van der Waals surface area (Å²) in [5, 5.41) is 12.9. The average molecular weight is 274 g/mol. The zero-order valence-electron chi connectivity index (χ0n) is 11.9. The number of carbonyl (C=O) groups is 1. The number of carbonyl (C=O) groups excluding carboxylic acids is 1. The summed E-state index contributed by atoms with van der Waals surface area (Å²) < 4.78 is 0. The van der Waals surface area contributed by atoms with Crippen LogP contribution in [0.15, 0.2) is 18.2 Å². The first-order chi connectivity index (χ1) is 9.72. The van der Waals surface area contributed by atoms with Gasteiger partial charge in [0, 0.05) is 13.1 Å². The van der Waals surface area contributed by atoms with Crippen LogP contribution < -0.4 is 5.32 Å². The van der Waals surface area contributed by atoms with Gasteiger partial charge >= 0.3 is 0 Å². The highest BCUT2D eigenvalue weighted by Gasteiger charge is 2.35. The maximum Gasteiger partial charge on any atom is 0.256 e. The molecule has 0 bridgehead atoms. The van der Waals surface area contributed by atoms with Crippen molar-refractivity contribution in [2.45, 2.75) is 32.2 Å². The number of amides is 1. The van der Waals surface area contributed by atoms with E-state index in [4.69, 9.17) is 0 Å². The minimum atomic E-state index is -0.0399. The summed E-state index contributed by atoms with van der Waals surface area (Å²) in [5.74, 6) is 0.427. The van der Waals surface area contributed by atoms with E-state index in [1.54, 1.807) is 0 Å². The quantitative estimate of drug-likeness (QED) is 0.866. The van der Waals surface area contributed by atoms with E-state index in [1.807, 2.05) is 17.0 Å². The molecule has 0 radical (unpaired) electrons. The molecule has 1 aromatic rings. The van der Waals surface area contributed by atoms with Gasteiger partial charge in [-0.2, -0.15) is 0 Å². The lowest BCUT2D eigenvalue weighted by molar-refractivity contribution is 0.0649. The number of aliphatic hydroxyl groups excluding tert-OH is 1. The molecule has 0 spiro atoms. The van der Waals surface area contributed by atoms with Crippen LogP contribution in [0.1, 0.15) is 35.7 Å². The number of rotatable bonds is 2. The lowest BCUT2D eigenvalue weighted by atomic mass is 9.98. The highest BCUT2D eigenvalue weighted by molar-refractivity contribution is 6.00. The maximum atomic E-state index is 12.8. The number of aliphatic hydroxyl groups is 1. The second-order valence-corrected chi connectivity index (χ2v) is 5.88. The van der Waals surface area contributed by atoms with Crippen LogP contribution in [0.4, 0.5) is 5.69 Å². The van der Waals surface area contributed by atoms with Crippen LogP contribution in [0.3, 0.4) is 0 Å². The van der Waals surface area contributed by atoms with Gasteiger partial charge in [0.2, 0.25) is 0 Å². The van der Waals surface area contributed by atoms with E-state index in [1.165, 1.54) is 5.56 Å². The fraction of sp³-hybridized carbons (Fsp3) is 0.562. The van der Waals surface area contributed by atoms with Crippen molar-refractivity contribution in [1.82, 2.24) is 4.90 Å². The van der Waals surface area contributed by atoms with Gasteiger partial charge in [0.1, 0.15) is 0 Å². The van der Waals surface area contributed by atoms with Crippen LogP contribution in [0.25, 0.3) is 0 Å². The average Bonchev–Trinajstić information content (AvgIpc) is 2.86. The van der Waals surface area contributed by atoms with E-state index < -0.39 is 0 Å². The molecule has 2 aliphatic rings. The van der Waals surface area contributed by atoms with Gasteiger partial charge in [-0.1, -0.05) is 19.1 Å². The Morgan fingerprint density at radius 3 is 3.15 bits per heavy atom. The Balaban J connectivity index is 1.91. The Kier molecular flexibility index (Phi) is 3.66. The number of para-hydroxylation sites is 1. The van der Waals surface area contributed by atoms with Crippen LogP contribution in [0, 0.1) is 5.92 Å². The van der Waals surface area contributed by atoms with Gasteiger partial charge in [-0.05, 0) is 36.8 Å². The number of fused-ring (bicyclic) bond motifs is 1. The number of aryl methyl sites for hydroxylation is 1. The number of likely N-dealkylation sites (tertiary alicyclic amines) is 1. The Morgan fingerprint density at radius 2 is 2.35 bits per heavy atom. The molecule has 1 amide bonds. The number of anilines is 1. The van der Waals surface area contributed by atoms with Crippen molar-refractivity contribution in [2.75, 3.05) is 25.0 Å². The lowest BCUT2D eigenvalue weighted by Gasteiger charge is -2.28. The van der Waals surface area contributed by atoms with Crippen molar-refractivity contribution in [1.29, 1.82) is 0 Å². The van der Waals surface area contributed by atoms with Crippen LogP contribution in [-0.4, -0.2) is 41.7 Å². The molecule has 2 heterocycles. The normalized spacial score (nSPS) is 25.2. The summed E-state index contributed by atoms with van der Waals surface area (Å²) in [6.45, 7) is 3.83. The van der Waals surface area contributed by atoms with E-state index >= 15 is 0 Å². The topological polar surface area (TPSA) is 52.6 Å². The standard InChI is InChI=1S/C16H22N2O2/c1-11-7-9-18(14(11)10-19)16(20)13-6-2-4-12-5-3-8-17-15(12)13/h2,4,6,11,14,17,19H,3,5,7-10H2,1H3. The molecule has 1 fully saturated rings. The minimum absolute atomic E-state index is 0.0399. The summed E-state index contributed by atoms with van der Waals surface area (Å²) in [4.78, 5) is 14.7. The third kappa shape index (κ3) is 2.18. The zero-order chi connectivity index (χ0) is 14.1. The van der Waals surface area contributed by atoms with Gasteiger partial charge in [-0.25, -0.2) is 0 Å². The van der Waals surface area contributed by atoms with Crippen molar-refractivity contribution < 1.29 is 9.90 Å². The van der Waals surface area contributed by atoms with E-state index in [9.17, 15) is 9.90 Å². The number of nitrogens with one attached hydrogen (secondary N) is 1. The first-order valence-corrected chi connectivity index (χ1v) is 7.50. The number of nitrogens with zero attached hydrogens (tertiary/aromatic N) is 1. The SMILES string of the molecule is CC1CCN(C(=O)c2cccc3c2NCCC3)C1CO. The van der Waals surface area contributed by atoms with Crippen molar-refractivity contribution in [2.24, 2.45) is 5.92 Å². The van der Waals surface area contributed by atoms with Gasteiger partial charge < -0.3 is 15.3 Å². The molecule has 4 nitrogen and oxygen atoms in total. The predicted molar refractivity (Wildman–Crippen MR) is 78.9 cm³/mol. The van der Waals surface area contributed by atoms with Crippen LogP contribution >= 0.6 is 0 Å². The molecular formula is C16H22N2O2. The first-order valence-electron chi connectivity index (χ1n) is 7.50. The Morgan fingerprint density at radius 1 is 1.50 bits per heavy atom. The number of hydrogen-bond acceptors (Lipinski definition) is 3. The molecule has 2 unspecified atom stereocenters. The van der Waals surface area contributed by atoms with Crippen LogP contribution in [0.5, 0.6) is 0 Å². The second kappa shape index (κ2) is 5.44. The summed E-state index contributed by atoms with van der Waals surface area (Å²) in [5.41, 5.74) is 2.99. The minimum Gasteiger partial charge on any atom is -0.394 e. The molecule has 0 saturated carbocycles. The smallest absolute Gasteiger partial charge is 0.256 e. The lowest BCUT2D eigenvalue weighted by Crippen LogP contribution is -2.40. The summed E-state index contributed by atoms with van der Waals surface area (Å²) in [7, 11) is 0. The van der Waals surface area contributed by atoms with Crippen molar-refractivity contribution in [3.63, 3.8) is 0 Å². The van der Waals surface area contributed by atoms with Crippen molar-refractivity contribution >= 4 is 11.6 Å². The zero-order valence-corrected chi connectivity index (χ0v) is 11.9. The molecule has 2 N–H and O–H groups in total. The largest absolute Gasteiger partial charge is 0.394 e. The molecule has 2 atom stereocenters. The Bertz CT molecular complexity index is 515. The molecule has 20 heavy (non-hydrogen) atoms. The summed E-state index contributed by atoms with van der Waals surface area (Å²) >= 11 is 0. The fourth-order valence-corrected chi connectivity index (χ4v) is 3.38. The van der Waals surface area contributed by atoms with E-state index in [-0.39, 0.29) is 18.6 Å². The summed E-state index contributed by atoms with van der Waals surface area (Å²) in [6, 6.07) is 5.92. The monoisotopic (exact) mass is 274 g/mol. The highest BCUT2D eigenvalue weighted by Crippen LogP contribution is 2.30.